The number of anilines is 2. The van der Waals surface area contributed by atoms with E-state index in [1.807, 2.05) is 60.7 Å². The molecular weight excluding hydrogens is 689 g/mol. The Morgan fingerprint density at radius 3 is 1.42 bits per heavy atom. The van der Waals surface area contributed by atoms with Crippen molar-refractivity contribution in [1.82, 2.24) is 0 Å². The van der Waals surface area contributed by atoms with Crippen LogP contribution in [-0.2, 0) is 9.59 Å². The first kappa shape index (κ1) is 41.2. The van der Waals surface area contributed by atoms with Crippen molar-refractivity contribution in [2.45, 2.75) is 82.3 Å². The van der Waals surface area contributed by atoms with Crippen LogP contribution in [0.2, 0.25) is 0 Å². The molecule has 2 aliphatic rings. The average molecular weight is 747 g/mol. The van der Waals surface area contributed by atoms with E-state index in [0.717, 1.165) is 73.0 Å². The van der Waals surface area contributed by atoms with Crippen LogP contribution in [0.1, 0.15) is 86.8 Å². The van der Waals surface area contributed by atoms with Crippen molar-refractivity contribution in [2.75, 3.05) is 24.7 Å². The van der Waals surface area contributed by atoms with E-state index < -0.39 is 29.7 Å². The number of ketones is 2. The van der Waals surface area contributed by atoms with E-state index in [9.17, 15) is 19.8 Å². The number of nitrogen functional groups attached to an aromatic ring is 2. The molecule has 0 amide bonds. The van der Waals surface area contributed by atoms with Crippen molar-refractivity contribution in [3.63, 3.8) is 0 Å². The maximum atomic E-state index is 13.4. The summed E-state index contributed by atoms with van der Waals surface area (Å²) in [7, 11) is 0. The largest absolute Gasteiger partial charge is 0.493 e. The van der Waals surface area contributed by atoms with Crippen molar-refractivity contribution < 1.29 is 29.3 Å². The lowest BCUT2D eigenvalue weighted by Gasteiger charge is -2.27. The van der Waals surface area contributed by atoms with Crippen molar-refractivity contribution in [1.29, 1.82) is 0 Å². The highest BCUT2D eigenvalue weighted by atomic mass is 16.5. The Balaban J connectivity index is 1.17. The molecule has 3 aromatic rings. The summed E-state index contributed by atoms with van der Waals surface area (Å²) in [4.78, 5) is 26.7. The summed E-state index contributed by atoms with van der Waals surface area (Å²) in [5.41, 5.74) is 14.4. The third-order valence-electron chi connectivity index (χ3n) is 11.3. The third-order valence-corrected chi connectivity index (χ3v) is 11.3. The number of aliphatic hydroxyl groups is 2. The highest BCUT2D eigenvalue weighted by Crippen LogP contribution is 2.34. The van der Waals surface area contributed by atoms with Gasteiger partial charge in [0.05, 0.1) is 19.1 Å². The highest BCUT2D eigenvalue weighted by molar-refractivity contribution is 6.01. The summed E-state index contributed by atoms with van der Waals surface area (Å²) in [5.74, 6) is 1.34. The molecule has 0 aromatic heterocycles. The van der Waals surface area contributed by atoms with Crippen LogP contribution in [0.25, 0.3) is 12.2 Å². The molecule has 2 aliphatic carbocycles. The minimum Gasteiger partial charge on any atom is -0.493 e. The molecule has 2 fully saturated rings. The van der Waals surface area contributed by atoms with E-state index in [0.29, 0.717) is 30.7 Å². The first-order valence-electron chi connectivity index (χ1n) is 19.8. The van der Waals surface area contributed by atoms with Gasteiger partial charge in [0, 0.05) is 11.4 Å². The second-order valence-electron chi connectivity index (χ2n) is 15.4. The van der Waals surface area contributed by atoms with Crippen LogP contribution in [0.4, 0.5) is 11.4 Å². The summed E-state index contributed by atoms with van der Waals surface area (Å²) < 4.78 is 12.1. The van der Waals surface area contributed by atoms with Crippen LogP contribution >= 0.6 is 0 Å². The van der Waals surface area contributed by atoms with Gasteiger partial charge in [0.2, 0.25) is 0 Å². The SMILES string of the molecule is C=CCC1CCC(COc2ccc(/C=C/C(=O)C(O)C(c3ccc(N)cc3N)C(O)C(=O)/C=C/c3ccc(OCC4CCC(CC=C)CC4)cc3)cc2)CC1. The number of hydrogen-bond acceptors (Lipinski definition) is 8. The van der Waals surface area contributed by atoms with Gasteiger partial charge in [-0.05, 0) is 153 Å². The van der Waals surface area contributed by atoms with Gasteiger partial charge in [-0.2, -0.15) is 0 Å². The standard InChI is InChI=1S/C47H58N2O6/c1-3-5-32-7-11-36(12-8-32)30-54-39-22-15-34(16-23-39)19-27-43(50)46(52)45(41-26-21-38(48)29-42(41)49)47(53)44(51)28-20-35-17-24-40(25-18-35)55-31-37-13-9-33(6-4-2)10-14-37/h3-4,15-29,32-33,36-37,45-47,52-53H,1-2,5-14,30-31,48-49H2/b27-19+,28-20+. The van der Waals surface area contributed by atoms with Gasteiger partial charge in [0.25, 0.3) is 0 Å². The first-order valence-corrected chi connectivity index (χ1v) is 19.8. The van der Waals surface area contributed by atoms with Crippen LogP contribution in [0, 0.1) is 23.7 Å². The summed E-state index contributed by atoms with van der Waals surface area (Å²) in [6.07, 6.45) is 17.8. The van der Waals surface area contributed by atoms with E-state index in [1.165, 1.54) is 50.0 Å². The number of aliphatic hydroxyl groups excluding tert-OH is 2. The number of benzene rings is 3. The fourth-order valence-corrected chi connectivity index (χ4v) is 7.84. The predicted molar refractivity (Wildman–Crippen MR) is 223 cm³/mol. The van der Waals surface area contributed by atoms with Crippen LogP contribution in [0.3, 0.4) is 0 Å². The second kappa shape index (κ2) is 20.7. The Hall–Kier alpha value is -4.92. The molecular formula is C47H58N2O6. The Labute approximate surface area is 326 Å². The minimum absolute atomic E-state index is 0.150. The van der Waals surface area contributed by atoms with Gasteiger partial charge in [-0.25, -0.2) is 0 Å². The normalized spacial score (nSPS) is 21.8. The zero-order chi connectivity index (χ0) is 39.2. The van der Waals surface area contributed by atoms with Crippen molar-refractivity contribution in [3.8, 4) is 11.5 Å². The van der Waals surface area contributed by atoms with Crippen LogP contribution in [0.15, 0.2) is 104 Å². The van der Waals surface area contributed by atoms with Gasteiger partial charge in [0.15, 0.2) is 11.6 Å². The van der Waals surface area contributed by atoms with Crippen LogP contribution < -0.4 is 20.9 Å². The fourth-order valence-electron chi connectivity index (χ4n) is 7.84. The molecule has 0 heterocycles. The topological polar surface area (TPSA) is 145 Å². The van der Waals surface area contributed by atoms with Crippen LogP contribution in [-0.4, -0.2) is 47.2 Å². The molecule has 2 atom stereocenters. The number of carbonyl (C=O) groups is 2. The Morgan fingerprint density at radius 2 is 1.04 bits per heavy atom. The predicted octanol–water partition coefficient (Wildman–Crippen LogP) is 8.74. The summed E-state index contributed by atoms with van der Waals surface area (Å²) in [5, 5.41) is 22.7. The summed E-state index contributed by atoms with van der Waals surface area (Å²) in [6.45, 7) is 9.07. The number of ether oxygens (including phenoxy) is 2. The molecule has 0 radical (unpaired) electrons. The third kappa shape index (κ3) is 12.3. The molecule has 3 aromatic carbocycles. The summed E-state index contributed by atoms with van der Waals surface area (Å²) >= 11 is 0. The van der Waals surface area contributed by atoms with Gasteiger partial charge >= 0.3 is 0 Å². The molecule has 2 unspecified atom stereocenters. The molecule has 2 saturated carbocycles. The van der Waals surface area contributed by atoms with E-state index in [2.05, 4.69) is 13.2 Å². The lowest BCUT2D eigenvalue weighted by atomic mass is 9.81. The van der Waals surface area contributed by atoms with Crippen LogP contribution in [0.5, 0.6) is 11.5 Å². The monoisotopic (exact) mass is 746 g/mol. The fraction of sp³-hybridized carbons (Fsp3) is 0.404. The number of hydrogen-bond donors (Lipinski definition) is 4. The Bertz CT molecular complexity index is 1660. The Kier molecular flexibility index (Phi) is 15.5. The number of nitrogens with two attached hydrogens (primary N) is 2. The first-order chi connectivity index (χ1) is 26.6. The lowest BCUT2D eigenvalue weighted by Crippen LogP contribution is -2.39. The quantitative estimate of drug-likeness (QED) is 0.0542. The smallest absolute Gasteiger partial charge is 0.184 e. The molecule has 8 heteroatoms. The Morgan fingerprint density at radius 1 is 0.636 bits per heavy atom. The maximum Gasteiger partial charge on any atom is 0.184 e. The van der Waals surface area contributed by atoms with E-state index in [4.69, 9.17) is 20.9 Å². The molecule has 5 rings (SSSR count). The summed E-state index contributed by atoms with van der Waals surface area (Å²) in [6, 6.07) is 19.3. The molecule has 6 N–H and O–H groups in total. The van der Waals surface area contributed by atoms with Crippen molar-refractivity contribution in [2.24, 2.45) is 23.7 Å². The zero-order valence-electron chi connectivity index (χ0n) is 31.9. The van der Waals surface area contributed by atoms with Gasteiger partial charge < -0.3 is 31.2 Å². The molecule has 0 spiro atoms. The number of rotatable bonds is 19. The maximum absolute atomic E-state index is 13.4. The van der Waals surface area contributed by atoms with Gasteiger partial charge in [-0.15, -0.1) is 13.2 Å². The van der Waals surface area contributed by atoms with E-state index >= 15 is 0 Å². The molecule has 0 saturated heterocycles. The second-order valence-corrected chi connectivity index (χ2v) is 15.4. The molecule has 0 bridgehead atoms. The molecule has 8 nitrogen and oxygen atoms in total. The zero-order valence-corrected chi connectivity index (χ0v) is 31.9. The van der Waals surface area contributed by atoms with Gasteiger partial charge in [0.1, 0.15) is 23.7 Å². The number of carbonyl (C=O) groups excluding carboxylic acids is 2. The van der Waals surface area contributed by atoms with Crippen molar-refractivity contribution in [3.05, 3.63) is 121 Å². The van der Waals surface area contributed by atoms with Crippen molar-refractivity contribution >= 4 is 35.1 Å². The average Bonchev–Trinajstić information content (AvgIpc) is 3.20. The lowest BCUT2D eigenvalue weighted by molar-refractivity contribution is -0.130. The highest BCUT2D eigenvalue weighted by Gasteiger charge is 2.36. The van der Waals surface area contributed by atoms with E-state index in [1.54, 1.807) is 18.2 Å². The minimum atomic E-state index is -1.77. The molecule has 292 valence electrons. The number of allylic oxidation sites excluding steroid dienone is 2. The van der Waals surface area contributed by atoms with E-state index in [-0.39, 0.29) is 11.3 Å². The molecule has 55 heavy (non-hydrogen) atoms. The van der Waals surface area contributed by atoms with Gasteiger partial charge in [-0.3, -0.25) is 9.59 Å². The molecule has 0 aliphatic heterocycles. The van der Waals surface area contributed by atoms with Gasteiger partial charge in [-0.1, -0.05) is 54.6 Å².